The zero-order valence-corrected chi connectivity index (χ0v) is 13.3. The van der Waals surface area contributed by atoms with Crippen molar-refractivity contribution < 1.29 is 14.3 Å². The Morgan fingerprint density at radius 2 is 2.14 bits per heavy atom. The second-order valence-electron chi connectivity index (χ2n) is 4.94. The van der Waals surface area contributed by atoms with Crippen molar-refractivity contribution in [2.75, 3.05) is 19.7 Å². The zero-order chi connectivity index (χ0) is 15.4. The minimum Gasteiger partial charge on any atom is -0.466 e. The Balaban J connectivity index is 2.12. The van der Waals surface area contributed by atoms with E-state index in [2.05, 4.69) is 0 Å². The second-order valence-corrected chi connectivity index (χ2v) is 5.73. The van der Waals surface area contributed by atoms with Crippen molar-refractivity contribution in [2.45, 2.75) is 19.8 Å². The fourth-order valence-electron chi connectivity index (χ4n) is 2.45. The van der Waals surface area contributed by atoms with E-state index in [-0.39, 0.29) is 22.8 Å². The highest BCUT2D eigenvalue weighted by Crippen LogP contribution is 2.28. The standard InChI is InChI=1S/C15H17Cl2NO3/c1-2-21-15(20)10-5-4-8-18(9-10)14(19)11-6-3-7-12(16)13(11)17/h3,6-7,10H,2,4-5,8-9H2,1H3. The maximum absolute atomic E-state index is 12.5. The molecule has 2 rings (SSSR count). The first-order chi connectivity index (χ1) is 10.0. The lowest BCUT2D eigenvalue weighted by Crippen LogP contribution is -2.42. The van der Waals surface area contributed by atoms with Gasteiger partial charge in [0.05, 0.1) is 28.1 Å². The van der Waals surface area contributed by atoms with E-state index in [0.29, 0.717) is 30.3 Å². The Bertz CT molecular complexity index is 548. The number of halogens is 2. The first kappa shape index (κ1) is 16.1. The van der Waals surface area contributed by atoms with E-state index in [9.17, 15) is 9.59 Å². The smallest absolute Gasteiger partial charge is 0.310 e. The molecule has 1 fully saturated rings. The summed E-state index contributed by atoms with van der Waals surface area (Å²) in [4.78, 5) is 26.0. The fraction of sp³-hybridized carbons (Fsp3) is 0.467. The van der Waals surface area contributed by atoms with Crippen LogP contribution in [0, 0.1) is 5.92 Å². The normalized spacial score (nSPS) is 18.4. The number of carbonyl (C=O) groups is 2. The topological polar surface area (TPSA) is 46.6 Å². The Morgan fingerprint density at radius 1 is 1.38 bits per heavy atom. The van der Waals surface area contributed by atoms with E-state index in [1.54, 1.807) is 30.0 Å². The second kappa shape index (κ2) is 7.14. The van der Waals surface area contributed by atoms with Gasteiger partial charge >= 0.3 is 5.97 Å². The minimum absolute atomic E-state index is 0.198. The molecule has 0 bridgehead atoms. The number of esters is 1. The van der Waals surface area contributed by atoms with Crippen LogP contribution in [0.5, 0.6) is 0 Å². The molecular formula is C15H17Cl2NO3. The number of amides is 1. The molecule has 114 valence electrons. The van der Waals surface area contributed by atoms with E-state index >= 15 is 0 Å². The largest absolute Gasteiger partial charge is 0.466 e. The van der Waals surface area contributed by atoms with Crippen molar-refractivity contribution in [1.82, 2.24) is 4.90 Å². The van der Waals surface area contributed by atoms with E-state index in [1.165, 1.54) is 0 Å². The van der Waals surface area contributed by atoms with Gasteiger partial charge in [0.25, 0.3) is 5.91 Å². The van der Waals surface area contributed by atoms with E-state index in [0.717, 1.165) is 12.8 Å². The fourth-order valence-corrected chi connectivity index (χ4v) is 2.83. The summed E-state index contributed by atoms with van der Waals surface area (Å²) in [6.07, 6.45) is 1.51. The summed E-state index contributed by atoms with van der Waals surface area (Å²) < 4.78 is 5.03. The van der Waals surface area contributed by atoms with Crippen LogP contribution in [0.4, 0.5) is 0 Å². The first-order valence-electron chi connectivity index (χ1n) is 6.94. The van der Waals surface area contributed by atoms with Crippen LogP contribution in [0.2, 0.25) is 10.0 Å². The lowest BCUT2D eigenvalue weighted by Gasteiger charge is -2.31. The number of piperidine rings is 1. The molecule has 1 aromatic rings. The Labute approximate surface area is 134 Å². The zero-order valence-electron chi connectivity index (χ0n) is 11.8. The van der Waals surface area contributed by atoms with Gasteiger partial charge in [0, 0.05) is 13.1 Å². The molecule has 1 unspecified atom stereocenters. The number of hydrogen-bond acceptors (Lipinski definition) is 3. The molecule has 4 nitrogen and oxygen atoms in total. The summed E-state index contributed by atoms with van der Waals surface area (Å²) in [5.41, 5.74) is 0.369. The van der Waals surface area contributed by atoms with Crippen molar-refractivity contribution >= 4 is 35.1 Å². The van der Waals surface area contributed by atoms with Crippen LogP contribution in [-0.4, -0.2) is 36.5 Å². The third kappa shape index (κ3) is 3.69. The Morgan fingerprint density at radius 3 is 2.86 bits per heavy atom. The Hall–Kier alpha value is -1.26. The van der Waals surface area contributed by atoms with Gasteiger partial charge in [-0.25, -0.2) is 0 Å². The third-order valence-electron chi connectivity index (χ3n) is 3.51. The number of likely N-dealkylation sites (tertiary alicyclic amines) is 1. The molecule has 0 aromatic heterocycles. The van der Waals surface area contributed by atoms with Gasteiger partial charge in [0.15, 0.2) is 0 Å². The highest BCUT2D eigenvalue weighted by atomic mass is 35.5. The number of ether oxygens (including phenoxy) is 1. The lowest BCUT2D eigenvalue weighted by molar-refractivity contribution is -0.149. The van der Waals surface area contributed by atoms with Crippen LogP contribution in [0.3, 0.4) is 0 Å². The summed E-state index contributed by atoms with van der Waals surface area (Å²) in [5, 5.41) is 0.601. The molecule has 0 radical (unpaired) electrons. The molecule has 6 heteroatoms. The van der Waals surface area contributed by atoms with Crippen LogP contribution in [0.1, 0.15) is 30.1 Å². The molecule has 1 atom stereocenters. The highest BCUT2D eigenvalue weighted by Gasteiger charge is 2.30. The number of nitrogens with zero attached hydrogens (tertiary/aromatic N) is 1. The SMILES string of the molecule is CCOC(=O)C1CCCN(C(=O)c2cccc(Cl)c2Cl)C1. The monoisotopic (exact) mass is 329 g/mol. The molecule has 0 aliphatic carbocycles. The van der Waals surface area contributed by atoms with E-state index in [1.807, 2.05) is 0 Å². The molecule has 1 aliphatic heterocycles. The molecule has 1 amide bonds. The van der Waals surface area contributed by atoms with Gasteiger partial charge in [-0.15, -0.1) is 0 Å². The van der Waals surface area contributed by atoms with Crippen molar-refractivity contribution in [3.63, 3.8) is 0 Å². The van der Waals surface area contributed by atoms with Gasteiger partial charge in [0.1, 0.15) is 0 Å². The molecular weight excluding hydrogens is 313 g/mol. The molecule has 1 aliphatic rings. The maximum Gasteiger partial charge on any atom is 0.310 e. The van der Waals surface area contributed by atoms with Gasteiger partial charge in [-0.05, 0) is 31.9 Å². The van der Waals surface area contributed by atoms with Crippen LogP contribution < -0.4 is 0 Å². The molecule has 0 spiro atoms. The van der Waals surface area contributed by atoms with Gasteiger partial charge in [-0.3, -0.25) is 9.59 Å². The van der Waals surface area contributed by atoms with E-state index < -0.39 is 0 Å². The quantitative estimate of drug-likeness (QED) is 0.798. The molecule has 21 heavy (non-hydrogen) atoms. The van der Waals surface area contributed by atoms with E-state index in [4.69, 9.17) is 27.9 Å². The van der Waals surface area contributed by atoms with Gasteiger partial charge < -0.3 is 9.64 Å². The Kier molecular flexibility index (Phi) is 5.48. The summed E-state index contributed by atoms with van der Waals surface area (Å²) in [7, 11) is 0. The third-order valence-corrected chi connectivity index (χ3v) is 4.33. The average molecular weight is 330 g/mol. The van der Waals surface area contributed by atoms with Crippen molar-refractivity contribution in [3.05, 3.63) is 33.8 Å². The number of carbonyl (C=O) groups excluding carboxylic acids is 2. The van der Waals surface area contributed by atoms with Gasteiger partial charge in [-0.1, -0.05) is 29.3 Å². The predicted molar refractivity (Wildman–Crippen MR) is 81.7 cm³/mol. The number of benzene rings is 1. The molecule has 0 N–H and O–H groups in total. The van der Waals surface area contributed by atoms with Crippen molar-refractivity contribution in [3.8, 4) is 0 Å². The molecule has 0 saturated carbocycles. The van der Waals surface area contributed by atoms with Crippen molar-refractivity contribution in [1.29, 1.82) is 0 Å². The average Bonchev–Trinajstić information content (AvgIpc) is 2.50. The lowest BCUT2D eigenvalue weighted by atomic mass is 9.97. The van der Waals surface area contributed by atoms with Crippen LogP contribution >= 0.6 is 23.2 Å². The van der Waals surface area contributed by atoms with Crippen molar-refractivity contribution in [2.24, 2.45) is 5.92 Å². The summed E-state index contributed by atoms with van der Waals surface area (Å²) >= 11 is 12.0. The summed E-state index contributed by atoms with van der Waals surface area (Å²) in [6, 6.07) is 4.97. The van der Waals surface area contributed by atoms with Crippen LogP contribution in [0.15, 0.2) is 18.2 Å². The highest BCUT2D eigenvalue weighted by molar-refractivity contribution is 6.43. The summed E-state index contributed by atoms with van der Waals surface area (Å²) in [6.45, 7) is 3.09. The van der Waals surface area contributed by atoms with Crippen LogP contribution in [-0.2, 0) is 9.53 Å². The summed E-state index contributed by atoms with van der Waals surface area (Å²) in [5.74, 6) is -0.704. The van der Waals surface area contributed by atoms with Gasteiger partial charge in [-0.2, -0.15) is 0 Å². The number of rotatable bonds is 3. The molecule has 1 heterocycles. The van der Waals surface area contributed by atoms with Crippen LogP contribution in [0.25, 0.3) is 0 Å². The molecule has 1 saturated heterocycles. The molecule has 1 aromatic carbocycles. The van der Waals surface area contributed by atoms with Gasteiger partial charge in [0.2, 0.25) is 0 Å². The number of hydrogen-bond donors (Lipinski definition) is 0. The predicted octanol–water partition coefficient (Wildman–Crippen LogP) is 3.41. The first-order valence-corrected chi connectivity index (χ1v) is 7.70. The minimum atomic E-state index is -0.263. The maximum atomic E-state index is 12.5.